The van der Waals surface area contributed by atoms with E-state index in [1.165, 1.54) is 50.0 Å². The molecule has 0 atom stereocenters. The highest BCUT2D eigenvalue weighted by Gasteiger charge is 2.20. The normalized spacial score (nSPS) is 20.4. The van der Waals surface area contributed by atoms with Gasteiger partial charge >= 0.3 is 10.4 Å². The van der Waals surface area contributed by atoms with Gasteiger partial charge in [0.1, 0.15) is 0 Å². The molecule has 0 aliphatic heterocycles. The molecule has 0 aromatic carbocycles. The third kappa shape index (κ3) is 9.84. The molecule has 0 saturated heterocycles. The van der Waals surface area contributed by atoms with E-state index in [2.05, 4.69) is 11.8 Å². The van der Waals surface area contributed by atoms with Gasteiger partial charge in [0.25, 0.3) is 0 Å². The minimum atomic E-state index is -4.67. The Morgan fingerprint density at radius 2 is 1.24 bits per heavy atom. The third-order valence-electron chi connectivity index (χ3n) is 3.16. The Balaban J connectivity index is 0.000000373. The fraction of sp³-hybridized carbons (Fsp3) is 1.00. The van der Waals surface area contributed by atoms with E-state index in [9.17, 15) is 0 Å². The zero-order valence-electron chi connectivity index (χ0n) is 10.0. The molecule has 5 nitrogen and oxygen atoms in total. The molecular weight excluding hydrogens is 262 g/mol. The molecule has 0 amide bonds. The van der Waals surface area contributed by atoms with E-state index in [-0.39, 0.29) is 6.15 Å². The summed E-state index contributed by atoms with van der Waals surface area (Å²) in [4.78, 5) is 0. The summed E-state index contributed by atoms with van der Waals surface area (Å²) in [6.45, 7) is 0. The molecule has 2 saturated carbocycles. The molecule has 2 rings (SSSR count). The highest BCUT2D eigenvalue weighted by Crippen LogP contribution is 2.33. The smallest absolute Gasteiger partial charge is 0.344 e. The van der Waals surface area contributed by atoms with Crippen LogP contribution in [-0.2, 0) is 10.4 Å². The second-order valence-electron chi connectivity index (χ2n) is 4.58. The topological polar surface area (TPSA) is 110 Å². The minimum Gasteiger partial charge on any atom is -0.344 e. The van der Waals surface area contributed by atoms with Crippen LogP contribution in [0.4, 0.5) is 0 Å². The van der Waals surface area contributed by atoms with Gasteiger partial charge in [-0.15, -0.1) is 0 Å². The van der Waals surface area contributed by atoms with Gasteiger partial charge in [-0.25, -0.2) is 0 Å². The van der Waals surface area contributed by atoms with Crippen molar-refractivity contribution in [1.82, 2.24) is 6.15 Å². The lowest BCUT2D eigenvalue weighted by molar-refractivity contribution is 0.344. The second-order valence-corrected chi connectivity index (χ2v) is 6.55. The second kappa shape index (κ2) is 8.31. The number of rotatable bonds is 4. The SMILES string of the molecule is C1CC(CSCC2CCC2)C1.N.O=S(=O)(O)O. The monoisotopic (exact) mass is 285 g/mol. The van der Waals surface area contributed by atoms with E-state index in [0.29, 0.717) is 0 Å². The molecule has 0 spiro atoms. The van der Waals surface area contributed by atoms with Gasteiger partial charge in [0.05, 0.1) is 0 Å². The molecule has 0 aromatic heterocycles. The van der Waals surface area contributed by atoms with Gasteiger partial charge < -0.3 is 6.15 Å². The van der Waals surface area contributed by atoms with E-state index in [0.717, 1.165) is 11.8 Å². The highest BCUT2D eigenvalue weighted by molar-refractivity contribution is 7.99. The standard InChI is InChI=1S/C10H18S.H3N.H2O4S/c1-3-9(4-1)7-11-8-10-5-2-6-10;;1-5(2,3)4/h9-10H,1-8H2;1H3;(H2,1,2,3,4). The lowest BCUT2D eigenvalue weighted by atomic mass is 9.87. The molecule has 2 fully saturated rings. The third-order valence-corrected chi connectivity index (χ3v) is 4.57. The average Bonchev–Trinajstić information content (AvgIpc) is 1.93. The Kier molecular flexibility index (Phi) is 8.40. The van der Waals surface area contributed by atoms with Crippen LogP contribution in [0.2, 0.25) is 0 Å². The summed E-state index contributed by atoms with van der Waals surface area (Å²) >= 11 is 2.22. The number of hydrogen-bond donors (Lipinski definition) is 3. The number of hydrogen-bond acceptors (Lipinski definition) is 4. The summed E-state index contributed by atoms with van der Waals surface area (Å²) in [5, 5.41) is 0. The Hall–Kier alpha value is 0.180. The molecule has 7 heteroatoms. The van der Waals surface area contributed by atoms with E-state index >= 15 is 0 Å². The Morgan fingerprint density at radius 3 is 1.41 bits per heavy atom. The van der Waals surface area contributed by atoms with Crippen molar-refractivity contribution in [2.75, 3.05) is 11.5 Å². The highest BCUT2D eigenvalue weighted by atomic mass is 32.3. The Bertz CT molecular complexity index is 265. The van der Waals surface area contributed by atoms with Crippen LogP contribution in [0, 0.1) is 11.8 Å². The molecule has 104 valence electrons. The fourth-order valence-electron chi connectivity index (χ4n) is 1.72. The van der Waals surface area contributed by atoms with Crippen molar-refractivity contribution in [2.24, 2.45) is 11.8 Å². The quantitative estimate of drug-likeness (QED) is 0.685. The van der Waals surface area contributed by atoms with Gasteiger partial charge in [-0.2, -0.15) is 20.2 Å². The Labute approximate surface area is 108 Å². The van der Waals surface area contributed by atoms with Crippen LogP contribution in [0.5, 0.6) is 0 Å². The van der Waals surface area contributed by atoms with Gasteiger partial charge in [-0.3, -0.25) is 9.11 Å². The first-order valence-corrected chi connectivity index (χ1v) is 8.28. The van der Waals surface area contributed by atoms with E-state index in [4.69, 9.17) is 17.5 Å². The first-order valence-electron chi connectivity index (χ1n) is 5.73. The summed E-state index contributed by atoms with van der Waals surface area (Å²) in [5.74, 6) is 5.16. The zero-order valence-corrected chi connectivity index (χ0v) is 11.7. The summed E-state index contributed by atoms with van der Waals surface area (Å²) in [5.41, 5.74) is 0. The van der Waals surface area contributed by atoms with Crippen LogP contribution in [0.15, 0.2) is 0 Å². The molecule has 0 bridgehead atoms. The number of thioether (sulfide) groups is 1. The van der Waals surface area contributed by atoms with Gasteiger partial charge in [-0.1, -0.05) is 12.8 Å². The molecule has 0 aromatic rings. The predicted molar refractivity (Wildman–Crippen MR) is 71.2 cm³/mol. The summed E-state index contributed by atoms with van der Waals surface area (Å²) in [6.07, 6.45) is 9.12. The van der Waals surface area contributed by atoms with E-state index in [1.54, 1.807) is 0 Å². The maximum absolute atomic E-state index is 8.74. The van der Waals surface area contributed by atoms with Crippen LogP contribution >= 0.6 is 11.8 Å². The van der Waals surface area contributed by atoms with Crippen LogP contribution in [0.1, 0.15) is 38.5 Å². The van der Waals surface area contributed by atoms with Gasteiger partial charge in [-0.05, 0) is 49.0 Å². The van der Waals surface area contributed by atoms with Crippen molar-refractivity contribution < 1.29 is 17.5 Å². The lowest BCUT2D eigenvalue weighted by Crippen LogP contribution is -2.17. The lowest BCUT2D eigenvalue weighted by Gasteiger charge is -2.28. The predicted octanol–water partition coefficient (Wildman–Crippen LogP) is 2.83. The van der Waals surface area contributed by atoms with Crippen molar-refractivity contribution in [3.63, 3.8) is 0 Å². The Morgan fingerprint density at radius 1 is 0.941 bits per heavy atom. The molecular formula is C10H23NO4S2. The molecule has 0 unspecified atom stereocenters. The van der Waals surface area contributed by atoms with Crippen molar-refractivity contribution in [3.05, 3.63) is 0 Å². The van der Waals surface area contributed by atoms with Crippen molar-refractivity contribution >= 4 is 22.2 Å². The van der Waals surface area contributed by atoms with Crippen LogP contribution in [0.25, 0.3) is 0 Å². The van der Waals surface area contributed by atoms with Crippen molar-refractivity contribution in [2.45, 2.75) is 38.5 Å². The molecule has 2 aliphatic carbocycles. The largest absolute Gasteiger partial charge is 0.394 e. The summed E-state index contributed by atoms with van der Waals surface area (Å²) < 4.78 is 31.6. The minimum absolute atomic E-state index is 0. The van der Waals surface area contributed by atoms with Crippen LogP contribution in [-0.4, -0.2) is 29.0 Å². The van der Waals surface area contributed by atoms with E-state index < -0.39 is 10.4 Å². The van der Waals surface area contributed by atoms with Crippen LogP contribution < -0.4 is 6.15 Å². The van der Waals surface area contributed by atoms with Crippen LogP contribution in [0.3, 0.4) is 0 Å². The van der Waals surface area contributed by atoms with Crippen molar-refractivity contribution in [3.8, 4) is 0 Å². The molecule has 17 heavy (non-hydrogen) atoms. The fourth-order valence-corrected chi connectivity index (χ4v) is 3.19. The summed E-state index contributed by atoms with van der Waals surface area (Å²) in [6, 6.07) is 0. The molecule has 5 N–H and O–H groups in total. The first-order chi connectivity index (χ1) is 7.45. The summed E-state index contributed by atoms with van der Waals surface area (Å²) in [7, 11) is -4.67. The molecule has 2 aliphatic rings. The first kappa shape index (κ1) is 17.2. The van der Waals surface area contributed by atoms with Crippen molar-refractivity contribution in [1.29, 1.82) is 0 Å². The maximum Gasteiger partial charge on any atom is 0.394 e. The van der Waals surface area contributed by atoms with Gasteiger partial charge in [0.15, 0.2) is 0 Å². The van der Waals surface area contributed by atoms with Gasteiger partial charge in [0.2, 0.25) is 0 Å². The zero-order chi connectivity index (χ0) is 12.0. The average molecular weight is 285 g/mol. The van der Waals surface area contributed by atoms with E-state index in [1.807, 2.05) is 0 Å². The maximum atomic E-state index is 8.74. The molecule has 0 radical (unpaired) electrons. The van der Waals surface area contributed by atoms with Gasteiger partial charge in [0, 0.05) is 0 Å². The molecule has 0 heterocycles.